The molecule has 1 aliphatic rings. The standard InChI is InChI=1S/C17H26N2O2/c1-18-11-10-13-6-2-4-8-15(13)17(21)19-12-14-7-3-5-9-16(14)20/h2,4,6,8,14,16,18,20H,3,5,7,9-12H2,1H3,(H,19,21). The van der Waals surface area contributed by atoms with Gasteiger partial charge in [0, 0.05) is 18.0 Å². The molecule has 1 saturated carbocycles. The molecule has 0 aliphatic heterocycles. The SMILES string of the molecule is CNCCc1ccccc1C(=O)NCC1CCCCC1O. The van der Waals surface area contributed by atoms with E-state index in [2.05, 4.69) is 10.6 Å². The van der Waals surface area contributed by atoms with E-state index in [1.807, 2.05) is 31.3 Å². The molecule has 1 fully saturated rings. The molecule has 2 unspecified atom stereocenters. The summed E-state index contributed by atoms with van der Waals surface area (Å²) in [4.78, 5) is 12.4. The molecule has 3 N–H and O–H groups in total. The zero-order valence-corrected chi connectivity index (χ0v) is 12.8. The number of nitrogens with one attached hydrogen (secondary N) is 2. The molecular formula is C17H26N2O2. The van der Waals surface area contributed by atoms with Crippen molar-refractivity contribution in [1.29, 1.82) is 0 Å². The second-order valence-electron chi connectivity index (χ2n) is 5.83. The molecule has 116 valence electrons. The first kappa shape index (κ1) is 16.0. The lowest BCUT2D eigenvalue weighted by Crippen LogP contribution is -2.37. The van der Waals surface area contributed by atoms with Crippen LogP contribution in [0.2, 0.25) is 0 Å². The number of aliphatic hydroxyl groups excluding tert-OH is 1. The number of carbonyl (C=O) groups is 1. The zero-order chi connectivity index (χ0) is 15.1. The summed E-state index contributed by atoms with van der Waals surface area (Å²) in [7, 11) is 1.91. The minimum absolute atomic E-state index is 0.0283. The third-order valence-electron chi connectivity index (χ3n) is 4.30. The highest BCUT2D eigenvalue weighted by atomic mass is 16.3. The summed E-state index contributed by atoms with van der Waals surface area (Å²) in [6.07, 6.45) is 4.68. The molecule has 0 saturated heterocycles. The molecule has 21 heavy (non-hydrogen) atoms. The molecule has 0 heterocycles. The van der Waals surface area contributed by atoms with Crippen molar-refractivity contribution in [1.82, 2.24) is 10.6 Å². The van der Waals surface area contributed by atoms with Crippen LogP contribution in [0.5, 0.6) is 0 Å². The lowest BCUT2D eigenvalue weighted by atomic mass is 9.86. The third-order valence-corrected chi connectivity index (χ3v) is 4.30. The van der Waals surface area contributed by atoms with Crippen LogP contribution in [-0.4, -0.2) is 37.3 Å². The zero-order valence-electron chi connectivity index (χ0n) is 12.8. The summed E-state index contributed by atoms with van der Waals surface area (Å²) in [6, 6.07) is 7.74. The van der Waals surface area contributed by atoms with Gasteiger partial charge in [0.25, 0.3) is 5.91 Å². The Labute approximate surface area is 126 Å². The van der Waals surface area contributed by atoms with E-state index in [0.717, 1.165) is 49.8 Å². The van der Waals surface area contributed by atoms with Gasteiger partial charge in [-0.25, -0.2) is 0 Å². The van der Waals surface area contributed by atoms with Crippen molar-refractivity contribution in [3.05, 3.63) is 35.4 Å². The fourth-order valence-corrected chi connectivity index (χ4v) is 2.96. The maximum Gasteiger partial charge on any atom is 0.251 e. The van der Waals surface area contributed by atoms with Crippen LogP contribution in [0, 0.1) is 5.92 Å². The average Bonchev–Trinajstić information content (AvgIpc) is 2.52. The van der Waals surface area contributed by atoms with Crippen molar-refractivity contribution in [2.45, 2.75) is 38.2 Å². The van der Waals surface area contributed by atoms with Gasteiger partial charge in [0.2, 0.25) is 0 Å². The lowest BCUT2D eigenvalue weighted by molar-refractivity contribution is 0.0662. The maximum absolute atomic E-state index is 12.4. The Morgan fingerprint density at radius 3 is 2.81 bits per heavy atom. The van der Waals surface area contributed by atoms with E-state index in [9.17, 15) is 9.90 Å². The van der Waals surface area contributed by atoms with Gasteiger partial charge in [-0.15, -0.1) is 0 Å². The highest BCUT2D eigenvalue weighted by molar-refractivity contribution is 5.95. The quantitative estimate of drug-likeness (QED) is 0.748. The second-order valence-corrected chi connectivity index (χ2v) is 5.83. The lowest BCUT2D eigenvalue weighted by Gasteiger charge is -2.27. The van der Waals surface area contributed by atoms with E-state index in [4.69, 9.17) is 0 Å². The molecule has 0 aromatic heterocycles. The highest BCUT2D eigenvalue weighted by Gasteiger charge is 2.23. The number of hydrogen-bond donors (Lipinski definition) is 3. The summed E-state index contributed by atoms with van der Waals surface area (Å²) in [5.41, 5.74) is 1.81. The average molecular weight is 290 g/mol. The van der Waals surface area contributed by atoms with E-state index in [-0.39, 0.29) is 17.9 Å². The van der Waals surface area contributed by atoms with Crippen molar-refractivity contribution in [2.24, 2.45) is 5.92 Å². The molecular weight excluding hydrogens is 264 g/mol. The van der Waals surface area contributed by atoms with Gasteiger partial charge in [-0.2, -0.15) is 0 Å². The van der Waals surface area contributed by atoms with Crippen molar-refractivity contribution in [3.63, 3.8) is 0 Å². The predicted octanol–water partition coefficient (Wildman–Crippen LogP) is 1.73. The fourth-order valence-electron chi connectivity index (χ4n) is 2.96. The van der Waals surface area contributed by atoms with Crippen LogP contribution in [0.1, 0.15) is 41.6 Å². The molecule has 1 amide bonds. The third kappa shape index (κ3) is 4.55. The van der Waals surface area contributed by atoms with Crippen LogP contribution in [0.3, 0.4) is 0 Å². The van der Waals surface area contributed by atoms with Gasteiger partial charge >= 0.3 is 0 Å². The number of rotatable bonds is 6. The van der Waals surface area contributed by atoms with Gasteiger partial charge in [-0.3, -0.25) is 4.79 Å². The molecule has 0 bridgehead atoms. The summed E-state index contributed by atoms with van der Waals surface area (Å²) in [5, 5.41) is 16.1. The Bertz CT molecular complexity index is 462. The van der Waals surface area contributed by atoms with E-state index in [0.29, 0.717) is 6.54 Å². The fraction of sp³-hybridized carbons (Fsp3) is 0.588. The Balaban J connectivity index is 1.93. The Morgan fingerprint density at radius 1 is 1.29 bits per heavy atom. The molecule has 0 radical (unpaired) electrons. The van der Waals surface area contributed by atoms with Crippen LogP contribution in [0.4, 0.5) is 0 Å². The number of aliphatic hydroxyl groups is 1. The molecule has 1 aliphatic carbocycles. The van der Waals surface area contributed by atoms with Gasteiger partial charge in [0.15, 0.2) is 0 Å². The Hall–Kier alpha value is -1.39. The van der Waals surface area contributed by atoms with Gasteiger partial charge < -0.3 is 15.7 Å². The van der Waals surface area contributed by atoms with E-state index in [1.165, 1.54) is 0 Å². The molecule has 1 aromatic carbocycles. The van der Waals surface area contributed by atoms with Gasteiger partial charge in [0.05, 0.1) is 6.10 Å². The maximum atomic E-state index is 12.4. The van der Waals surface area contributed by atoms with Crippen molar-refractivity contribution in [2.75, 3.05) is 20.1 Å². The van der Waals surface area contributed by atoms with Crippen molar-refractivity contribution >= 4 is 5.91 Å². The molecule has 0 spiro atoms. The largest absolute Gasteiger partial charge is 0.393 e. The summed E-state index contributed by atoms with van der Waals surface area (Å²) in [6.45, 7) is 1.42. The number of amides is 1. The first-order valence-corrected chi connectivity index (χ1v) is 7.91. The Morgan fingerprint density at radius 2 is 2.05 bits per heavy atom. The van der Waals surface area contributed by atoms with Crippen LogP contribution in [-0.2, 0) is 6.42 Å². The number of hydrogen-bond acceptors (Lipinski definition) is 3. The van der Waals surface area contributed by atoms with E-state index < -0.39 is 0 Å². The van der Waals surface area contributed by atoms with Crippen LogP contribution >= 0.6 is 0 Å². The van der Waals surface area contributed by atoms with Crippen molar-refractivity contribution < 1.29 is 9.90 Å². The monoisotopic (exact) mass is 290 g/mol. The normalized spacial score (nSPS) is 22.0. The summed E-state index contributed by atoms with van der Waals surface area (Å²) in [5.74, 6) is 0.173. The number of likely N-dealkylation sites (N-methyl/N-ethyl adjacent to an activating group) is 1. The topological polar surface area (TPSA) is 61.4 Å². The molecule has 2 rings (SSSR count). The number of carbonyl (C=O) groups excluding carboxylic acids is 1. The highest BCUT2D eigenvalue weighted by Crippen LogP contribution is 2.23. The van der Waals surface area contributed by atoms with Crippen molar-refractivity contribution in [3.8, 4) is 0 Å². The first-order chi connectivity index (χ1) is 10.2. The van der Waals surface area contributed by atoms with E-state index in [1.54, 1.807) is 0 Å². The molecule has 2 atom stereocenters. The van der Waals surface area contributed by atoms with E-state index >= 15 is 0 Å². The van der Waals surface area contributed by atoms with Gasteiger partial charge in [-0.05, 0) is 44.5 Å². The Kier molecular flexibility index (Phi) is 6.21. The predicted molar refractivity (Wildman–Crippen MR) is 84.4 cm³/mol. The molecule has 4 heteroatoms. The summed E-state index contributed by atoms with van der Waals surface area (Å²) < 4.78 is 0. The minimum atomic E-state index is -0.265. The summed E-state index contributed by atoms with van der Waals surface area (Å²) >= 11 is 0. The van der Waals surface area contributed by atoms with Crippen LogP contribution in [0.15, 0.2) is 24.3 Å². The minimum Gasteiger partial charge on any atom is -0.393 e. The van der Waals surface area contributed by atoms with Crippen LogP contribution < -0.4 is 10.6 Å². The molecule has 1 aromatic rings. The number of benzene rings is 1. The smallest absolute Gasteiger partial charge is 0.251 e. The molecule has 4 nitrogen and oxygen atoms in total. The van der Waals surface area contributed by atoms with Crippen LogP contribution in [0.25, 0.3) is 0 Å². The first-order valence-electron chi connectivity index (χ1n) is 7.91. The van der Waals surface area contributed by atoms with Gasteiger partial charge in [0.1, 0.15) is 0 Å². The van der Waals surface area contributed by atoms with Gasteiger partial charge in [-0.1, -0.05) is 31.0 Å². The second kappa shape index (κ2) is 8.15.